The van der Waals surface area contributed by atoms with Crippen molar-refractivity contribution in [3.63, 3.8) is 0 Å². The SMILES string of the molecule is Cc1nc2c(n1C1CCN(Cc3nnc(C4CC4)o3)C1)CCCC2. The van der Waals surface area contributed by atoms with Gasteiger partial charge < -0.3 is 8.98 Å². The van der Waals surface area contributed by atoms with Gasteiger partial charge in [-0.25, -0.2) is 4.98 Å². The number of imidazole rings is 1. The second-order valence-electron chi connectivity index (χ2n) is 7.62. The Morgan fingerprint density at radius 1 is 1.12 bits per heavy atom. The Kier molecular flexibility index (Phi) is 3.47. The highest BCUT2D eigenvalue weighted by Crippen LogP contribution is 2.39. The molecule has 0 amide bonds. The lowest BCUT2D eigenvalue weighted by atomic mass is 10.0. The molecule has 0 radical (unpaired) electrons. The maximum absolute atomic E-state index is 5.83. The minimum Gasteiger partial charge on any atom is -0.424 e. The normalized spacial score (nSPS) is 24.5. The molecule has 0 spiro atoms. The first-order valence-electron chi connectivity index (χ1n) is 9.39. The zero-order valence-electron chi connectivity index (χ0n) is 14.4. The van der Waals surface area contributed by atoms with Crippen LogP contribution >= 0.6 is 0 Å². The molecule has 1 atom stereocenters. The maximum atomic E-state index is 5.83. The van der Waals surface area contributed by atoms with E-state index in [1.807, 2.05) is 0 Å². The summed E-state index contributed by atoms with van der Waals surface area (Å²) in [4.78, 5) is 7.29. The van der Waals surface area contributed by atoms with Crippen molar-refractivity contribution in [3.05, 3.63) is 29.0 Å². The molecule has 3 aliphatic rings. The number of fused-ring (bicyclic) bond motifs is 1. The third-order valence-corrected chi connectivity index (χ3v) is 5.73. The molecule has 0 aromatic carbocycles. The fourth-order valence-electron chi connectivity index (χ4n) is 4.37. The van der Waals surface area contributed by atoms with Gasteiger partial charge in [0.15, 0.2) is 0 Å². The number of aryl methyl sites for hydroxylation is 2. The van der Waals surface area contributed by atoms with E-state index in [2.05, 4.69) is 26.6 Å². The van der Waals surface area contributed by atoms with Gasteiger partial charge in [-0.15, -0.1) is 10.2 Å². The molecule has 128 valence electrons. The van der Waals surface area contributed by atoms with Crippen LogP contribution in [0.1, 0.15) is 73.1 Å². The lowest BCUT2D eigenvalue weighted by Gasteiger charge is -2.20. The highest BCUT2D eigenvalue weighted by Gasteiger charge is 2.32. The minimum absolute atomic E-state index is 0.540. The smallest absolute Gasteiger partial charge is 0.230 e. The first kappa shape index (κ1) is 14.6. The van der Waals surface area contributed by atoms with Crippen LogP contribution in [0.5, 0.6) is 0 Å². The molecule has 0 N–H and O–H groups in total. The summed E-state index contributed by atoms with van der Waals surface area (Å²) >= 11 is 0. The molecule has 1 unspecified atom stereocenters. The average Bonchev–Trinajstić information content (AvgIpc) is 3.01. The van der Waals surface area contributed by atoms with Gasteiger partial charge in [0.25, 0.3) is 0 Å². The highest BCUT2D eigenvalue weighted by molar-refractivity contribution is 5.21. The van der Waals surface area contributed by atoms with Crippen molar-refractivity contribution in [2.75, 3.05) is 13.1 Å². The second kappa shape index (κ2) is 5.69. The van der Waals surface area contributed by atoms with Gasteiger partial charge >= 0.3 is 0 Å². The van der Waals surface area contributed by atoms with Gasteiger partial charge in [-0.05, 0) is 51.9 Å². The number of hydrogen-bond acceptors (Lipinski definition) is 5. The number of likely N-dealkylation sites (tertiary alicyclic amines) is 1. The molecule has 6 heteroatoms. The van der Waals surface area contributed by atoms with E-state index < -0.39 is 0 Å². The summed E-state index contributed by atoms with van der Waals surface area (Å²) in [6, 6.07) is 0.546. The zero-order valence-corrected chi connectivity index (χ0v) is 14.4. The van der Waals surface area contributed by atoms with Crippen molar-refractivity contribution in [2.45, 2.75) is 70.4 Å². The van der Waals surface area contributed by atoms with Crippen LogP contribution in [0.15, 0.2) is 4.42 Å². The van der Waals surface area contributed by atoms with E-state index in [-0.39, 0.29) is 0 Å². The van der Waals surface area contributed by atoms with Crippen molar-refractivity contribution in [1.29, 1.82) is 0 Å². The van der Waals surface area contributed by atoms with E-state index in [1.54, 1.807) is 0 Å². The summed E-state index contributed by atoms with van der Waals surface area (Å²) in [5.74, 6) is 3.36. The number of nitrogens with zero attached hydrogens (tertiary/aromatic N) is 5. The van der Waals surface area contributed by atoms with Crippen molar-refractivity contribution in [2.24, 2.45) is 0 Å². The molecule has 0 bridgehead atoms. The fraction of sp³-hybridized carbons (Fsp3) is 0.722. The Bertz CT molecular complexity index is 745. The summed E-state index contributed by atoms with van der Waals surface area (Å²) in [7, 11) is 0. The van der Waals surface area contributed by atoms with Crippen LogP contribution in [0, 0.1) is 6.92 Å². The Morgan fingerprint density at radius 3 is 2.88 bits per heavy atom. The lowest BCUT2D eigenvalue weighted by molar-refractivity contribution is 0.275. The van der Waals surface area contributed by atoms with Crippen LogP contribution in [0.3, 0.4) is 0 Å². The fourth-order valence-corrected chi connectivity index (χ4v) is 4.37. The molecule has 5 rings (SSSR count). The van der Waals surface area contributed by atoms with E-state index in [4.69, 9.17) is 9.40 Å². The van der Waals surface area contributed by atoms with E-state index in [0.29, 0.717) is 12.0 Å². The molecule has 2 aromatic heterocycles. The van der Waals surface area contributed by atoms with E-state index in [9.17, 15) is 0 Å². The molecule has 24 heavy (non-hydrogen) atoms. The Morgan fingerprint density at radius 2 is 2.00 bits per heavy atom. The molecule has 2 fully saturated rings. The number of rotatable bonds is 4. The molecular weight excluding hydrogens is 302 g/mol. The summed E-state index contributed by atoms with van der Waals surface area (Å²) in [6.07, 6.45) is 8.55. The van der Waals surface area contributed by atoms with Gasteiger partial charge in [-0.3, -0.25) is 4.90 Å². The topological polar surface area (TPSA) is 60.0 Å². The first-order chi connectivity index (χ1) is 11.8. The van der Waals surface area contributed by atoms with Crippen LogP contribution in [0.25, 0.3) is 0 Å². The lowest BCUT2D eigenvalue weighted by Crippen LogP contribution is -2.23. The summed E-state index contributed by atoms with van der Waals surface area (Å²) in [6.45, 7) is 5.11. The largest absolute Gasteiger partial charge is 0.424 e. The first-order valence-corrected chi connectivity index (χ1v) is 9.39. The van der Waals surface area contributed by atoms with Crippen LogP contribution in [0.4, 0.5) is 0 Å². The zero-order chi connectivity index (χ0) is 16.1. The second-order valence-corrected chi connectivity index (χ2v) is 7.62. The summed E-state index contributed by atoms with van der Waals surface area (Å²) in [5, 5.41) is 8.44. The van der Waals surface area contributed by atoms with Crippen LogP contribution in [-0.2, 0) is 19.4 Å². The maximum Gasteiger partial charge on any atom is 0.230 e. The molecule has 2 aliphatic carbocycles. The van der Waals surface area contributed by atoms with Gasteiger partial charge in [0, 0.05) is 30.7 Å². The van der Waals surface area contributed by atoms with E-state index in [1.165, 1.54) is 55.7 Å². The van der Waals surface area contributed by atoms with Crippen molar-refractivity contribution < 1.29 is 4.42 Å². The van der Waals surface area contributed by atoms with Gasteiger partial charge in [0.2, 0.25) is 11.8 Å². The minimum atomic E-state index is 0.540. The van der Waals surface area contributed by atoms with Gasteiger partial charge in [0.05, 0.1) is 12.2 Å². The summed E-state index contributed by atoms with van der Waals surface area (Å²) < 4.78 is 8.35. The molecule has 3 heterocycles. The average molecular weight is 327 g/mol. The van der Waals surface area contributed by atoms with Gasteiger partial charge in [0.1, 0.15) is 5.82 Å². The van der Waals surface area contributed by atoms with Crippen LogP contribution in [-0.4, -0.2) is 37.7 Å². The van der Waals surface area contributed by atoms with Crippen molar-refractivity contribution in [1.82, 2.24) is 24.6 Å². The predicted molar refractivity (Wildman–Crippen MR) is 88.8 cm³/mol. The Balaban J connectivity index is 1.29. The standard InChI is InChI=1S/C18H25N5O/c1-12-19-15-4-2-3-5-16(15)23(12)14-8-9-22(10-14)11-17-20-21-18(24-17)13-6-7-13/h13-14H,2-11H2,1H3. The van der Waals surface area contributed by atoms with Crippen LogP contribution < -0.4 is 0 Å². The van der Waals surface area contributed by atoms with Gasteiger partial charge in [-0.1, -0.05) is 0 Å². The third-order valence-electron chi connectivity index (χ3n) is 5.73. The Labute approximate surface area is 142 Å². The predicted octanol–water partition coefficient (Wildman–Crippen LogP) is 2.78. The van der Waals surface area contributed by atoms with Crippen molar-refractivity contribution in [3.8, 4) is 0 Å². The van der Waals surface area contributed by atoms with Crippen molar-refractivity contribution >= 4 is 0 Å². The van der Waals surface area contributed by atoms with E-state index >= 15 is 0 Å². The molecule has 6 nitrogen and oxygen atoms in total. The number of aromatic nitrogens is 4. The third kappa shape index (κ3) is 2.57. The molecular formula is C18H25N5O. The molecule has 1 aliphatic heterocycles. The van der Waals surface area contributed by atoms with Gasteiger partial charge in [-0.2, -0.15) is 0 Å². The van der Waals surface area contributed by atoms with E-state index in [0.717, 1.165) is 37.8 Å². The molecule has 1 saturated carbocycles. The molecule has 2 aromatic rings. The number of hydrogen-bond donors (Lipinski definition) is 0. The van der Waals surface area contributed by atoms with Crippen LogP contribution in [0.2, 0.25) is 0 Å². The summed E-state index contributed by atoms with van der Waals surface area (Å²) in [5.41, 5.74) is 2.85. The molecule has 1 saturated heterocycles. The monoisotopic (exact) mass is 327 g/mol. The quantitative estimate of drug-likeness (QED) is 0.864. The Hall–Kier alpha value is -1.69. The highest BCUT2D eigenvalue weighted by atomic mass is 16.4.